The zero-order chi connectivity index (χ0) is 19.0. The van der Waals surface area contributed by atoms with Crippen molar-refractivity contribution in [3.8, 4) is 28.9 Å². The minimum Gasteiger partial charge on any atom is -0.480 e. The topological polar surface area (TPSA) is 126 Å². The molecule has 10 nitrogen and oxygen atoms in total. The highest BCUT2D eigenvalue weighted by Gasteiger charge is 2.19. The first kappa shape index (κ1) is 16.6. The van der Waals surface area contributed by atoms with Crippen LogP contribution in [0.2, 0.25) is 0 Å². The van der Waals surface area contributed by atoms with Gasteiger partial charge in [0, 0.05) is 6.20 Å². The zero-order valence-electron chi connectivity index (χ0n) is 14.7. The van der Waals surface area contributed by atoms with Crippen LogP contribution in [0.15, 0.2) is 36.9 Å². The summed E-state index contributed by atoms with van der Waals surface area (Å²) in [5.41, 5.74) is 8.33. The number of nitrogens with zero attached hydrogens (tertiary/aromatic N) is 7. The van der Waals surface area contributed by atoms with E-state index in [0.717, 1.165) is 11.2 Å². The molecule has 0 fully saturated rings. The lowest BCUT2D eigenvalue weighted by Crippen LogP contribution is -2.20. The van der Waals surface area contributed by atoms with E-state index in [2.05, 4.69) is 25.0 Å². The number of carbonyl (C=O) groups is 1. The molecule has 0 atom stereocenters. The van der Waals surface area contributed by atoms with E-state index in [4.69, 9.17) is 10.5 Å². The van der Waals surface area contributed by atoms with E-state index in [1.807, 2.05) is 29.7 Å². The first-order valence-electron chi connectivity index (χ1n) is 8.09. The number of aromatic nitrogens is 7. The molecule has 0 unspecified atom stereocenters. The number of rotatable bonds is 5. The average Bonchev–Trinajstić information content (AvgIpc) is 3.25. The summed E-state index contributed by atoms with van der Waals surface area (Å²) in [5, 5.41) is 4.38. The van der Waals surface area contributed by atoms with E-state index in [-0.39, 0.29) is 6.54 Å². The Morgan fingerprint density at radius 2 is 2.04 bits per heavy atom. The van der Waals surface area contributed by atoms with Gasteiger partial charge in [0.05, 0.1) is 25.7 Å². The Hall–Kier alpha value is -3.82. The minimum absolute atomic E-state index is 0.120. The Morgan fingerprint density at radius 3 is 2.74 bits per heavy atom. The number of fused-ring (bicyclic) bond motifs is 1. The average molecular weight is 364 g/mol. The predicted molar refractivity (Wildman–Crippen MR) is 95.7 cm³/mol. The Morgan fingerprint density at radius 1 is 1.19 bits per heavy atom. The molecule has 0 aliphatic carbocycles. The number of hydrogen-bond acceptors (Lipinski definition) is 7. The van der Waals surface area contributed by atoms with Gasteiger partial charge in [0.15, 0.2) is 5.82 Å². The molecule has 4 aromatic rings. The molecule has 1 amide bonds. The Balaban J connectivity index is 1.86. The van der Waals surface area contributed by atoms with E-state index < -0.39 is 5.91 Å². The van der Waals surface area contributed by atoms with Gasteiger partial charge in [-0.3, -0.25) is 9.20 Å². The number of hydrogen-bond donors (Lipinski definition) is 1. The zero-order valence-corrected chi connectivity index (χ0v) is 14.7. The van der Waals surface area contributed by atoms with Crippen molar-refractivity contribution in [3.05, 3.63) is 42.5 Å². The van der Waals surface area contributed by atoms with Crippen molar-refractivity contribution in [3.63, 3.8) is 0 Å². The van der Waals surface area contributed by atoms with Crippen LogP contribution in [0.25, 0.3) is 28.7 Å². The number of primary amides is 1. The van der Waals surface area contributed by atoms with Gasteiger partial charge in [-0.25, -0.2) is 24.6 Å². The van der Waals surface area contributed by atoms with E-state index in [1.54, 1.807) is 6.20 Å². The molecule has 4 aromatic heterocycles. The van der Waals surface area contributed by atoms with Crippen LogP contribution in [0.4, 0.5) is 0 Å². The molecule has 4 heterocycles. The minimum atomic E-state index is -0.529. The molecule has 0 aliphatic heterocycles. The van der Waals surface area contributed by atoms with Crippen LogP contribution in [0.5, 0.6) is 5.88 Å². The summed E-state index contributed by atoms with van der Waals surface area (Å²) in [4.78, 5) is 28.8. The lowest BCUT2D eigenvalue weighted by atomic mass is 10.3. The molecular weight excluding hydrogens is 348 g/mol. The summed E-state index contributed by atoms with van der Waals surface area (Å²) in [7, 11) is 1.51. The molecule has 2 N–H and O–H groups in total. The molecule has 0 radical (unpaired) electrons. The Kier molecular flexibility index (Phi) is 3.99. The normalized spacial score (nSPS) is 11.0. The molecule has 27 heavy (non-hydrogen) atoms. The van der Waals surface area contributed by atoms with Crippen LogP contribution in [0.3, 0.4) is 0 Å². The molecule has 0 saturated heterocycles. The first-order valence-corrected chi connectivity index (χ1v) is 8.09. The quantitative estimate of drug-likeness (QED) is 0.556. The van der Waals surface area contributed by atoms with Crippen LogP contribution in [-0.4, -0.2) is 47.1 Å². The van der Waals surface area contributed by atoms with E-state index >= 15 is 0 Å². The first-order chi connectivity index (χ1) is 13.0. The van der Waals surface area contributed by atoms with Crippen molar-refractivity contribution >= 4 is 11.6 Å². The highest BCUT2D eigenvalue weighted by molar-refractivity contribution is 5.74. The molecule has 4 rings (SSSR count). The summed E-state index contributed by atoms with van der Waals surface area (Å²) < 4.78 is 8.34. The summed E-state index contributed by atoms with van der Waals surface area (Å²) in [5.74, 6) is 0.634. The third kappa shape index (κ3) is 3.08. The van der Waals surface area contributed by atoms with Crippen molar-refractivity contribution < 1.29 is 9.53 Å². The number of carbonyl (C=O) groups excluding carboxylic acids is 1. The standard InChI is InChI=1S/C17H16N8O2/c1-10-3-4-14-20-6-12(24(14)8-10)17-22-16(23-25(17)9-13(18)26)11-5-21-15(27-2)7-19-11/h3-8H,9H2,1-2H3,(H2,18,26). The van der Waals surface area contributed by atoms with Gasteiger partial charge in [0.1, 0.15) is 23.6 Å². The Labute approximate surface area is 153 Å². The number of pyridine rings is 1. The molecular formula is C17H16N8O2. The highest BCUT2D eigenvalue weighted by Crippen LogP contribution is 2.23. The van der Waals surface area contributed by atoms with Crippen molar-refractivity contribution in [1.29, 1.82) is 0 Å². The third-order valence-electron chi connectivity index (χ3n) is 3.93. The SMILES string of the molecule is COc1cnc(-c2nc(-c3cnc4ccc(C)cn34)n(CC(N)=O)n2)cn1. The maximum Gasteiger partial charge on any atom is 0.239 e. The van der Waals surface area contributed by atoms with Crippen molar-refractivity contribution in [2.75, 3.05) is 7.11 Å². The van der Waals surface area contributed by atoms with E-state index in [9.17, 15) is 4.79 Å². The van der Waals surface area contributed by atoms with Gasteiger partial charge < -0.3 is 10.5 Å². The van der Waals surface area contributed by atoms with Crippen molar-refractivity contribution in [2.45, 2.75) is 13.5 Å². The molecule has 0 saturated carbocycles. The largest absolute Gasteiger partial charge is 0.480 e. The number of methoxy groups -OCH3 is 1. The van der Waals surface area contributed by atoms with Crippen LogP contribution >= 0.6 is 0 Å². The van der Waals surface area contributed by atoms with Gasteiger partial charge in [-0.05, 0) is 18.6 Å². The maximum absolute atomic E-state index is 11.5. The molecule has 0 aromatic carbocycles. The van der Waals surface area contributed by atoms with Crippen LogP contribution in [-0.2, 0) is 11.3 Å². The molecule has 136 valence electrons. The smallest absolute Gasteiger partial charge is 0.239 e. The lowest BCUT2D eigenvalue weighted by molar-refractivity contribution is -0.118. The number of ether oxygens (including phenoxy) is 1. The Bertz CT molecular complexity index is 1130. The molecule has 0 aliphatic rings. The van der Waals surface area contributed by atoms with Crippen molar-refractivity contribution in [2.24, 2.45) is 5.73 Å². The van der Waals surface area contributed by atoms with E-state index in [0.29, 0.717) is 28.9 Å². The monoisotopic (exact) mass is 364 g/mol. The summed E-state index contributed by atoms with van der Waals surface area (Å²) in [6.07, 6.45) is 6.60. The second-order valence-corrected chi connectivity index (χ2v) is 5.91. The molecule has 0 bridgehead atoms. The fourth-order valence-electron chi connectivity index (χ4n) is 2.69. The fourth-order valence-corrected chi connectivity index (χ4v) is 2.69. The van der Waals surface area contributed by atoms with Gasteiger partial charge >= 0.3 is 0 Å². The van der Waals surface area contributed by atoms with Crippen LogP contribution < -0.4 is 10.5 Å². The van der Waals surface area contributed by atoms with Gasteiger partial charge in [-0.1, -0.05) is 6.07 Å². The molecule has 10 heteroatoms. The van der Waals surface area contributed by atoms with Gasteiger partial charge in [-0.15, -0.1) is 5.10 Å². The van der Waals surface area contributed by atoms with Gasteiger partial charge in [-0.2, -0.15) is 0 Å². The summed E-state index contributed by atoms with van der Waals surface area (Å²) in [6.45, 7) is 1.86. The second-order valence-electron chi connectivity index (χ2n) is 5.91. The second kappa shape index (κ2) is 6.48. The number of nitrogens with two attached hydrogens (primary N) is 1. The molecule has 0 spiro atoms. The number of aryl methyl sites for hydroxylation is 1. The fraction of sp³-hybridized carbons (Fsp3) is 0.176. The summed E-state index contributed by atoms with van der Waals surface area (Å²) >= 11 is 0. The lowest BCUT2D eigenvalue weighted by Gasteiger charge is -2.04. The predicted octanol–water partition coefficient (Wildman–Crippen LogP) is 0.852. The number of amides is 1. The maximum atomic E-state index is 11.5. The van der Waals surface area contributed by atoms with Crippen LogP contribution in [0.1, 0.15) is 5.56 Å². The highest BCUT2D eigenvalue weighted by atomic mass is 16.5. The third-order valence-corrected chi connectivity index (χ3v) is 3.93. The number of imidazole rings is 1. The van der Waals surface area contributed by atoms with Gasteiger partial charge in [0.2, 0.25) is 17.6 Å². The van der Waals surface area contributed by atoms with Crippen molar-refractivity contribution in [1.82, 2.24) is 34.1 Å². The van der Waals surface area contributed by atoms with Gasteiger partial charge in [0.25, 0.3) is 0 Å². The van der Waals surface area contributed by atoms with E-state index in [1.165, 1.54) is 24.2 Å². The van der Waals surface area contributed by atoms with Crippen LogP contribution in [0, 0.1) is 6.92 Å². The summed E-state index contributed by atoms with van der Waals surface area (Å²) in [6, 6.07) is 3.88.